The zero-order valence-corrected chi connectivity index (χ0v) is 18.9. The number of hydrogen-bond donors (Lipinski definition) is 0. The summed E-state index contributed by atoms with van der Waals surface area (Å²) in [5.74, 6) is -0.00195. The Morgan fingerprint density at radius 3 is 2.32 bits per heavy atom. The van der Waals surface area contributed by atoms with Crippen molar-refractivity contribution in [3.63, 3.8) is 0 Å². The van der Waals surface area contributed by atoms with Crippen LogP contribution in [0.25, 0.3) is 0 Å². The maximum Gasteiger partial charge on any atom is 0.308 e. The average molecular weight is 425 g/mol. The van der Waals surface area contributed by atoms with E-state index in [1.54, 1.807) is 31.3 Å². The standard InChI is InChI=1S/C25H32N2O4/c1-17(2)16-27-23-10-8-6-5-7-9-19(23)15-22(25(27)30)24(29)26(4)20-11-13-21(14-12-20)31-18(3)28/h11-15,17H,5-10,16H2,1-4H3. The van der Waals surface area contributed by atoms with E-state index in [-0.39, 0.29) is 17.0 Å². The van der Waals surface area contributed by atoms with Gasteiger partial charge in [0.25, 0.3) is 11.5 Å². The molecule has 0 bridgehead atoms. The van der Waals surface area contributed by atoms with Crippen LogP contribution in [0.4, 0.5) is 5.69 Å². The lowest BCUT2D eigenvalue weighted by atomic mass is 9.95. The third-order valence-electron chi connectivity index (χ3n) is 5.67. The van der Waals surface area contributed by atoms with E-state index >= 15 is 0 Å². The number of carbonyl (C=O) groups is 2. The maximum absolute atomic E-state index is 13.4. The predicted molar refractivity (Wildman–Crippen MR) is 122 cm³/mol. The van der Waals surface area contributed by atoms with Gasteiger partial charge in [0.05, 0.1) is 0 Å². The SMILES string of the molecule is CC(=O)Oc1ccc(N(C)C(=O)c2cc3c(n(CC(C)C)c2=O)CCCCCC3)cc1. The third-order valence-corrected chi connectivity index (χ3v) is 5.67. The smallest absolute Gasteiger partial charge is 0.308 e. The highest BCUT2D eigenvalue weighted by Crippen LogP contribution is 2.23. The summed E-state index contributed by atoms with van der Waals surface area (Å²) in [7, 11) is 1.66. The molecule has 0 spiro atoms. The van der Waals surface area contributed by atoms with E-state index in [9.17, 15) is 14.4 Å². The third kappa shape index (κ3) is 5.43. The molecule has 1 amide bonds. The quantitative estimate of drug-likeness (QED) is 0.528. The number of pyridine rings is 1. The Morgan fingerprint density at radius 1 is 1.06 bits per heavy atom. The van der Waals surface area contributed by atoms with Gasteiger partial charge in [-0.15, -0.1) is 0 Å². The molecule has 0 N–H and O–H groups in total. The van der Waals surface area contributed by atoms with E-state index in [4.69, 9.17) is 4.74 Å². The number of carbonyl (C=O) groups excluding carboxylic acids is 2. The fourth-order valence-corrected chi connectivity index (χ4v) is 4.15. The van der Waals surface area contributed by atoms with E-state index < -0.39 is 5.97 Å². The molecule has 0 saturated heterocycles. The second-order valence-electron chi connectivity index (χ2n) is 8.71. The molecular weight excluding hydrogens is 392 g/mol. The first-order valence-corrected chi connectivity index (χ1v) is 11.1. The molecule has 1 aromatic carbocycles. The second-order valence-corrected chi connectivity index (χ2v) is 8.71. The molecule has 166 valence electrons. The molecule has 3 rings (SSSR count). The van der Waals surface area contributed by atoms with E-state index in [0.717, 1.165) is 36.9 Å². The highest BCUT2D eigenvalue weighted by Gasteiger charge is 2.23. The minimum Gasteiger partial charge on any atom is -0.427 e. The van der Waals surface area contributed by atoms with Crippen molar-refractivity contribution in [1.29, 1.82) is 0 Å². The number of hydrogen-bond acceptors (Lipinski definition) is 4. The van der Waals surface area contributed by atoms with Gasteiger partial charge in [0.2, 0.25) is 0 Å². The van der Waals surface area contributed by atoms with Crippen LogP contribution >= 0.6 is 0 Å². The minimum atomic E-state index is -0.399. The van der Waals surface area contributed by atoms with Gasteiger partial charge >= 0.3 is 5.97 Å². The van der Waals surface area contributed by atoms with Crippen LogP contribution in [0.2, 0.25) is 0 Å². The molecule has 0 unspecified atom stereocenters. The Balaban J connectivity index is 1.98. The molecular formula is C25H32N2O4. The number of esters is 1. The van der Waals surface area contributed by atoms with Crippen molar-refractivity contribution >= 4 is 17.6 Å². The maximum atomic E-state index is 13.4. The van der Waals surface area contributed by atoms with Crippen molar-refractivity contribution in [2.75, 3.05) is 11.9 Å². The van der Waals surface area contributed by atoms with Gasteiger partial charge in [-0.05, 0) is 67.5 Å². The Hall–Kier alpha value is -2.89. The first kappa shape index (κ1) is 22.8. The summed E-state index contributed by atoms with van der Waals surface area (Å²) in [5.41, 5.74) is 2.86. The summed E-state index contributed by atoms with van der Waals surface area (Å²) in [6, 6.07) is 8.51. The Morgan fingerprint density at radius 2 is 1.71 bits per heavy atom. The second kappa shape index (κ2) is 9.94. The Labute approximate surface area is 183 Å². The van der Waals surface area contributed by atoms with E-state index in [0.29, 0.717) is 23.9 Å². The molecule has 6 heteroatoms. The average Bonchev–Trinajstić information content (AvgIpc) is 2.70. The monoisotopic (exact) mass is 424 g/mol. The van der Waals surface area contributed by atoms with Crippen molar-refractivity contribution in [2.24, 2.45) is 5.92 Å². The van der Waals surface area contributed by atoms with E-state index in [1.807, 2.05) is 10.6 Å². The van der Waals surface area contributed by atoms with Crippen LogP contribution in [0.15, 0.2) is 35.1 Å². The largest absolute Gasteiger partial charge is 0.427 e. The lowest BCUT2D eigenvalue weighted by molar-refractivity contribution is -0.131. The summed E-state index contributed by atoms with van der Waals surface area (Å²) in [4.78, 5) is 39.3. The minimum absolute atomic E-state index is 0.207. The molecule has 2 aromatic rings. The van der Waals surface area contributed by atoms with Crippen molar-refractivity contribution in [1.82, 2.24) is 4.57 Å². The van der Waals surface area contributed by atoms with Gasteiger partial charge in [0.1, 0.15) is 11.3 Å². The lowest BCUT2D eigenvalue weighted by Gasteiger charge is -2.24. The fourth-order valence-electron chi connectivity index (χ4n) is 4.15. The van der Waals surface area contributed by atoms with Crippen LogP contribution < -0.4 is 15.2 Å². The van der Waals surface area contributed by atoms with Crippen molar-refractivity contribution < 1.29 is 14.3 Å². The molecule has 0 aliphatic heterocycles. The van der Waals surface area contributed by atoms with Crippen LogP contribution in [-0.2, 0) is 24.2 Å². The summed E-state index contributed by atoms with van der Waals surface area (Å²) in [6.07, 6.45) is 6.30. The number of anilines is 1. The Kier molecular flexibility index (Phi) is 7.31. The van der Waals surface area contributed by atoms with Crippen molar-refractivity contribution in [3.05, 3.63) is 57.5 Å². The number of benzene rings is 1. The number of amides is 1. The fraction of sp³-hybridized carbons (Fsp3) is 0.480. The number of aromatic nitrogens is 1. The van der Waals surface area contributed by atoms with Gasteiger partial charge in [-0.25, -0.2) is 0 Å². The molecule has 1 aliphatic rings. The summed E-state index contributed by atoms with van der Waals surface area (Å²) in [6.45, 7) is 6.13. The van der Waals surface area contributed by atoms with Gasteiger partial charge in [-0.2, -0.15) is 0 Å². The molecule has 0 saturated carbocycles. The van der Waals surface area contributed by atoms with Gasteiger partial charge < -0.3 is 14.2 Å². The summed E-state index contributed by atoms with van der Waals surface area (Å²) < 4.78 is 6.90. The molecule has 1 aromatic heterocycles. The number of ether oxygens (including phenoxy) is 1. The van der Waals surface area contributed by atoms with Crippen LogP contribution in [0.1, 0.15) is 68.1 Å². The van der Waals surface area contributed by atoms with Gasteiger partial charge in [0.15, 0.2) is 0 Å². The van der Waals surface area contributed by atoms with Gasteiger partial charge in [0, 0.05) is 31.9 Å². The molecule has 0 fully saturated rings. The number of aryl methyl sites for hydroxylation is 1. The predicted octanol–water partition coefficient (Wildman–Crippen LogP) is 4.37. The number of rotatable bonds is 5. The molecule has 6 nitrogen and oxygen atoms in total. The summed E-state index contributed by atoms with van der Waals surface area (Å²) >= 11 is 0. The normalized spacial score (nSPS) is 13.8. The number of fused-ring (bicyclic) bond motifs is 1. The van der Waals surface area contributed by atoms with Crippen LogP contribution in [0, 0.1) is 5.92 Å². The number of nitrogens with zero attached hydrogens (tertiary/aromatic N) is 2. The van der Waals surface area contributed by atoms with E-state index in [1.165, 1.54) is 24.7 Å². The zero-order chi connectivity index (χ0) is 22.5. The molecule has 31 heavy (non-hydrogen) atoms. The van der Waals surface area contributed by atoms with Crippen LogP contribution in [-0.4, -0.2) is 23.5 Å². The Bertz CT molecular complexity index is 1010. The summed E-state index contributed by atoms with van der Waals surface area (Å²) in [5, 5.41) is 0. The lowest BCUT2D eigenvalue weighted by Crippen LogP contribution is -2.37. The van der Waals surface area contributed by atoms with Gasteiger partial charge in [-0.1, -0.05) is 26.7 Å². The van der Waals surface area contributed by atoms with Crippen molar-refractivity contribution in [2.45, 2.75) is 65.8 Å². The van der Waals surface area contributed by atoms with E-state index in [2.05, 4.69) is 13.8 Å². The highest BCUT2D eigenvalue weighted by atomic mass is 16.5. The molecule has 1 heterocycles. The highest BCUT2D eigenvalue weighted by molar-refractivity contribution is 6.05. The first-order valence-electron chi connectivity index (χ1n) is 11.1. The van der Waals surface area contributed by atoms with Crippen LogP contribution in [0.5, 0.6) is 5.75 Å². The van der Waals surface area contributed by atoms with Gasteiger partial charge in [-0.3, -0.25) is 14.4 Å². The van der Waals surface area contributed by atoms with Crippen LogP contribution in [0.3, 0.4) is 0 Å². The molecule has 0 radical (unpaired) electrons. The van der Waals surface area contributed by atoms with Crippen molar-refractivity contribution in [3.8, 4) is 5.75 Å². The topological polar surface area (TPSA) is 68.6 Å². The zero-order valence-electron chi connectivity index (χ0n) is 18.9. The molecule has 1 aliphatic carbocycles. The molecule has 0 atom stereocenters. The first-order chi connectivity index (χ1) is 14.8.